The van der Waals surface area contributed by atoms with E-state index in [-0.39, 0.29) is 10.8 Å². The molecule has 2 aliphatic heterocycles. The van der Waals surface area contributed by atoms with Gasteiger partial charge in [-0.1, -0.05) is 100 Å². The number of benzene rings is 8. The van der Waals surface area contributed by atoms with Crippen LogP contribution in [0, 0.1) is 0 Å². The highest BCUT2D eigenvalue weighted by molar-refractivity contribution is 6.23. The Balaban J connectivity index is 1.08. The van der Waals surface area contributed by atoms with Crippen molar-refractivity contribution in [2.45, 2.75) is 38.5 Å². The van der Waals surface area contributed by atoms with Crippen LogP contribution in [0.15, 0.2) is 167 Å². The smallest absolute Gasteiger partial charge is 0.143 e. The van der Waals surface area contributed by atoms with Gasteiger partial charge in [-0.05, 0) is 107 Å². The van der Waals surface area contributed by atoms with Crippen molar-refractivity contribution in [2.24, 2.45) is 0 Å². The molecule has 56 heavy (non-hydrogen) atoms. The lowest BCUT2D eigenvalue weighted by Gasteiger charge is -2.42. The van der Waals surface area contributed by atoms with Crippen LogP contribution in [0.4, 0.5) is 34.1 Å². The van der Waals surface area contributed by atoms with Gasteiger partial charge in [0.05, 0.1) is 22.7 Å². The minimum Gasteiger partial charge on any atom is -0.455 e. The van der Waals surface area contributed by atoms with E-state index in [1.165, 1.54) is 45.0 Å². The fourth-order valence-corrected chi connectivity index (χ4v) is 9.97. The molecule has 268 valence electrons. The minimum atomic E-state index is -0.224. The zero-order chi connectivity index (χ0) is 37.5. The molecule has 8 aromatic carbocycles. The van der Waals surface area contributed by atoms with E-state index in [2.05, 4.69) is 195 Å². The van der Waals surface area contributed by atoms with Crippen molar-refractivity contribution in [3.8, 4) is 0 Å². The van der Waals surface area contributed by atoms with Crippen LogP contribution >= 0.6 is 0 Å². The molecule has 2 aliphatic rings. The van der Waals surface area contributed by atoms with Gasteiger partial charge in [-0.2, -0.15) is 0 Å². The predicted octanol–water partition coefficient (Wildman–Crippen LogP) is 14.9. The quantitative estimate of drug-likeness (QED) is 0.178. The van der Waals surface area contributed by atoms with E-state index >= 15 is 0 Å². The molecule has 4 heterocycles. The third-order valence-corrected chi connectivity index (χ3v) is 12.8. The predicted molar refractivity (Wildman–Crippen MR) is 232 cm³/mol. The molecule has 0 bridgehead atoms. The number of hydrogen-bond acceptors (Lipinski definition) is 4. The first-order valence-corrected chi connectivity index (χ1v) is 19.5. The Morgan fingerprint density at radius 2 is 0.696 bits per heavy atom. The highest BCUT2D eigenvalue weighted by Crippen LogP contribution is 2.55. The number of hydrogen-bond donors (Lipinski definition) is 0. The normalized spacial score (nSPS) is 15.4. The Hall–Kier alpha value is -6.78. The summed E-state index contributed by atoms with van der Waals surface area (Å²) in [6.45, 7) is 9.30. The van der Waals surface area contributed by atoms with Crippen LogP contribution in [0.3, 0.4) is 0 Å². The van der Waals surface area contributed by atoms with Crippen molar-refractivity contribution in [1.29, 1.82) is 0 Å². The van der Waals surface area contributed by atoms with Gasteiger partial charge in [0.2, 0.25) is 0 Å². The molecule has 0 saturated heterocycles. The second kappa shape index (κ2) is 10.9. The Morgan fingerprint density at radius 3 is 1.11 bits per heavy atom. The molecule has 0 fully saturated rings. The number of furan rings is 2. The maximum absolute atomic E-state index is 6.92. The Labute approximate surface area is 324 Å². The molecule has 0 atom stereocenters. The standard InChI is InChI=1S/C52H38N2O2/c1-51(2)39-19-11-13-21-43(39)53(31-15-7-5-8-16-31)45-27-37-35-25-23-34-33(49(35)55-47(37)29-41(45)51)24-26-36-38-28-46-42(30-48(38)56-50(34)36)52(3,4)40-20-12-14-22-44(40)54(46)32-17-9-6-10-18-32/h5-30H,1-4H3. The lowest BCUT2D eigenvalue weighted by molar-refractivity contribution is 0.625. The third kappa shape index (κ3) is 4.08. The summed E-state index contributed by atoms with van der Waals surface area (Å²) in [5, 5.41) is 6.52. The van der Waals surface area contributed by atoms with E-state index in [1.54, 1.807) is 0 Å². The van der Waals surface area contributed by atoms with Crippen LogP contribution in [-0.2, 0) is 10.8 Å². The van der Waals surface area contributed by atoms with Gasteiger partial charge in [0.1, 0.15) is 22.3 Å². The van der Waals surface area contributed by atoms with Gasteiger partial charge >= 0.3 is 0 Å². The summed E-state index contributed by atoms with van der Waals surface area (Å²) < 4.78 is 13.8. The molecule has 2 aromatic heterocycles. The lowest BCUT2D eigenvalue weighted by atomic mass is 9.73. The lowest BCUT2D eigenvalue weighted by Crippen LogP contribution is -2.30. The van der Waals surface area contributed by atoms with Gasteiger partial charge in [-0.3, -0.25) is 0 Å². The van der Waals surface area contributed by atoms with E-state index in [0.717, 1.165) is 66.0 Å². The summed E-state index contributed by atoms with van der Waals surface area (Å²) in [6, 6.07) is 57.1. The molecule has 0 radical (unpaired) electrons. The first-order chi connectivity index (χ1) is 27.3. The van der Waals surface area contributed by atoms with Gasteiger partial charge in [0, 0.05) is 54.5 Å². The van der Waals surface area contributed by atoms with Crippen molar-refractivity contribution in [2.75, 3.05) is 9.80 Å². The molecule has 0 N–H and O–H groups in total. The fourth-order valence-electron chi connectivity index (χ4n) is 9.97. The number of fused-ring (bicyclic) bond motifs is 13. The van der Waals surface area contributed by atoms with Crippen molar-refractivity contribution in [1.82, 2.24) is 0 Å². The van der Waals surface area contributed by atoms with Crippen molar-refractivity contribution in [3.63, 3.8) is 0 Å². The molecule has 12 rings (SSSR count). The van der Waals surface area contributed by atoms with Gasteiger partial charge in [-0.25, -0.2) is 0 Å². The van der Waals surface area contributed by atoms with Gasteiger partial charge in [-0.15, -0.1) is 0 Å². The maximum Gasteiger partial charge on any atom is 0.143 e. The molecule has 0 saturated carbocycles. The van der Waals surface area contributed by atoms with Crippen LogP contribution in [0.25, 0.3) is 54.6 Å². The van der Waals surface area contributed by atoms with E-state index in [9.17, 15) is 0 Å². The monoisotopic (exact) mass is 722 g/mol. The molecular weight excluding hydrogens is 685 g/mol. The summed E-state index contributed by atoms with van der Waals surface area (Å²) >= 11 is 0. The molecule has 10 aromatic rings. The zero-order valence-electron chi connectivity index (χ0n) is 31.7. The second-order valence-corrected chi connectivity index (χ2v) is 16.5. The molecule has 0 unspecified atom stereocenters. The Bertz CT molecular complexity index is 3040. The summed E-state index contributed by atoms with van der Waals surface area (Å²) in [7, 11) is 0. The SMILES string of the molecule is CC1(C)c2ccccc2N(c2ccccc2)c2cc3c(cc21)oc1c3ccc2c1ccc1c3cc4c(cc3oc12)C(C)(C)c1ccccc1N4c1ccccc1. The van der Waals surface area contributed by atoms with E-state index in [0.29, 0.717) is 0 Å². The molecule has 0 spiro atoms. The van der Waals surface area contributed by atoms with Gasteiger partial charge in [0.15, 0.2) is 0 Å². The summed E-state index contributed by atoms with van der Waals surface area (Å²) in [6.07, 6.45) is 0. The van der Waals surface area contributed by atoms with Crippen LogP contribution in [0.1, 0.15) is 49.9 Å². The second-order valence-electron chi connectivity index (χ2n) is 16.5. The first kappa shape index (κ1) is 31.6. The molecule has 0 amide bonds. The highest BCUT2D eigenvalue weighted by Gasteiger charge is 2.39. The van der Waals surface area contributed by atoms with Crippen LogP contribution in [0.5, 0.6) is 0 Å². The van der Waals surface area contributed by atoms with Gasteiger partial charge in [0.25, 0.3) is 0 Å². The zero-order valence-corrected chi connectivity index (χ0v) is 31.7. The van der Waals surface area contributed by atoms with E-state index in [4.69, 9.17) is 8.83 Å². The molecule has 0 aliphatic carbocycles. The average Bonchev–Trinajstić information content (AvgIpc) is 3.79. The van der Waals surface area contributed by atoms with E-state index < -0.39 is 0 Å². The van der Waals surface area contributed by atoms with Crippen LogP contribution in [-0.4, -0.2) is 0 Å². The fraction of sp³-hybridized carbons (Fsp3) is 0.115. The molecule has 4 heteroatoms. The topological polar surface area (TPSA) is 32.8 Å². The Morgan fingerprint density at radius 1 is 0.339 bits per heavy atom. The van der Waals surface area contributed by atoms with Crippen LogP contribution < -0.4 is 9.80 Å². The molecule has 4 nitrogen and oxygen atoms in total. The van der Waals surface area contributed by atoms with Crippen LogP contribution in [0.2, 0.25) is 0 Å². The van der Waals surface area contributed by atoms with Crippen molar-refractivity contribution < 1.29 is 8.83 Å². The first-order valence-electron chi connectivity index (χ1n) is 19.5. The molecular formula is C52H38N2O2. The Kier molecular flexibility index (Phi) is 6.15. The van der Waals surface area contributed by atoms with Gasteiger partial charge < -0.3 is 18.6 Å². The van der Waals surface area contributed by atoms with E-state index in [1.807, 2.05) is 0 Å². The summed E-state index contributed by atoms with van der Waals surface area (Å²) in [5.74, 6) is 0. The number of rotatable bonds is 2. The van der Waals surface area contributed by atoms with Crippen molar-refractivity contribution in [3.05, 3.63) is 180 Å². The largest absolute Gasteiger partial charge is 0.455 e. The number of para-hydroxylation sites is 4. The number of nitrogens with zero attached hydrogens (tertiary/aromatic N) is 2. The highest BCUT2D eigenvalue weighted by atomic mass is 16.3. The summed E-state index contributed by atoms with van der Waals surface area (Å²) in [4.78, 5) is 4.82. The third-order valence-electron chi connectivity index (χ3n) is 12.8. The number of anilines is 6. The van der Waals surface area contributed by atoms with Crippen molar-refractivity contribution >= 4 is 88.8 Å². The average molecular weight is 723 g/mol. The summed E-state index contributed by atoms with van der Waals surface area (Å²) in [5.41, 5.74) is 15.3. The maximum atomic E-state index is 6.92. The minimum absolute atomic E-state index is 0.224.